The summed E-state index contributed by atoms with van der Waals surface area (Å²) in [5, 5.41) is 16.9. The van der Waals surface area contributed by atoms with Crippen LogP contribution in [0.15, 0.2) is 24.3 Å². The summed E-state index contributed by atoms with van der Waals surface area (Å²) in [7, 11) is 0. The van der Waals surface area contributed by atoms with Gasteiger partial charge in [0.25, 0.3) is 0 Å². The minimum Gasteiger partial charge on any atom is -0.870 e. The van der Waals surface area contributed by atoms with Gasteiger partial charge in [0.05, 0.1) is 11.1 Å². The van der Waals surface area contributed by atoms with Gasteiger partial charge >= 0.3 is 63.3 Å². The molecule has 0 amide bonds. The maximum absolute atomic E-state index is 10.3. The molecule has 0 spiro atoms. The zero-order valence-corrected chi connectivity index (χ0v) is 10.6. The molecule has 1 aromatic carbocycles. The van der Waals surface area contributed by atoms with E-state index >= 15 is 0 Å². The molecule has 5 nitrogen and oxygen atoms in total. The number of rotatable bonds is 2. The van der Waals surface area contributed by atoms with Gasteiger partial charge in [-0.25, -0.2) is 9.59 Å². The minimum absolute atomic E-state index is 0. The third-order valence-corrected chi connectivity index (χ3v) is 1.38. The summed E-state index contributed by atoms with van der Waals surface area (Å²) < 4.78 is 0. The number of carboxylic acid groups (broad SMARTS) is 2. The van der Waals surface area contributed by atoms with Crippen molar-refractivity contribution in [3.8, 4) is 0 Å². The topological polar surface area (TPSA) is 105 Å². The molecule has 6 heteroatoms. The van der Waals surface area contributed by atoms with Gasteiger partial charge in [-0.3, -0.25) is 0 Å². The first-order valence-corrected chi connectivity index (χ1v) is 3.18. The quantitative estimate of drug-likeness (QED) is 0.558. The van der Waals surface area contributed by atoms with Crippen LogP contribution in [-0.2, 0) is 0 Å². The van der Waals surface area contributed by atoms with E-state index in [4.69, 9.17) is 10.2 Å². The number of aromatic carboxylic acids is 2. The molecule has 0 heterocycles. The molecule has 1 aromatic rings. The predicted molar refractivity (Wildman–Crippen MR) is 42.3 cm³/mol. The molecule has 0 aliphatic carbocycles. The van der Waals surface area contributed by atoms with Crippen LogP contribution >= 0.6 is 0 Å². The summed E-state index contributed by atoms with van der Waals surface area (Å²) in [5.41, 5.74) is 0.167. The van der Waals surface area contributed by atoms with Crippen molar-refractivity contribution < 1.29 is 76.7 Å². The van der Waals surface area contributed by atoms with E-state index in [2.05, 4.69) is 0 Å². The normalized spacial score (nSPS) is 8.00. The number of hydrogen-bond donors (Lipinski definition) is 2. The maximum atomic E-state index is 10.3. The molecule has 0 aromatic heterocycles. The van der Waals surface area contributed by atoms with Crippen LogP contribution in [0.5, 0.6) is 0 Å². The van der Waals surface area contributed by atoms with E-state index in [0.717, 1.165) is 0 Å². The number of carboxylic acids is 2. The third-order valence-electron chi connectivity index (χ3n) is 1.38. The summed E-state index contributed by atoms with van der Waals surface area (Å²) in [4.78, 5) is 20.7. The van der Waals surface area contributed by atoms with Crippen molar-refractivity contribution in [3.63, 3.8) is 0 Å². The smallest absolute Gasteiger partial charge is 0.870 e. The van der Waals surface area contributed by atoms with Gasteiger partial charge in [-0.2, -0.15) is 0 Å². The van der Waals surface area contributed by atoms with E-state index in [9.17, 15) is 9.59 Å². The van der Waals surface area contributed by atoms with E-state index in [1.54, 1.807) is 0 Å². The first-order valence-electron chi connectivity index (χ1n) is 3.18. The first-order chi connectivity index (χ1) is 5.61. The van der Waals surface area contributed by atoms with Crippen LogP contribution in [0.3, 0.4) is 0 Å². The first kappa shape index (κ1) is 16.2. The zero-order chi connectivity index (χ0) is 9.14. The van der Waals surface area contributed by atoms with Gasteiger partial charge in [-0.15, -0.1) is 0 Å². The van der Waals surface area contributed by atoms with Gasteiger partial charge < -0.3 is 15.7 Å². The molecular weight excluding hydrogens is 215 g/mol. The Bertz CT molecular complexity index is 286. The molecule has 70 valence electrons. The Hall–Kier alpha value is -0.244. The van der Waals surface area contributed by atoms with E-state index in [1.165, 1.54) is 24.3 Å². The predicted octanol–water partition coefficient (Wildman–Crippen LogP) is -2.09. The average molecular weight is 222 g/mol. The second-order valence-electron chi connectivity index (χ2n) is 2.19. The fourth-order valence-corrected chi connectivity index (χ4v) is 0.755. The minimum atomic E-state index is -1.06. The molecule has 0 saturated heterocycles. The van der Waals surface area contributed by atoms with Gasteiger partial charge in [-0.05, 0) is 24.3 Å². The Balaban J connectivity index is 0. The Morgan fingerprint density at radius 2 is 1.07 bits per heavy atom. The van der Waals surface area contributed by atoms with Crippen molar-refractivity contribution >= 4 is 11.9 Å². The summed E-state index contributed by atoms with van der Waals surface area (Å²) in [5.74, 6) is -2.13. The third kappa shape index (κ3) is 4.31. The second-order valence-corrected chi connectivity index (χ2v) is 2.19. The number of hydrogen-bond acceptors (Lipinski definition) is 3. The van der Waals surface area contributed by atoms with Crippen molar-refractivity contribution in [3.05, 3.63) is 35.4 Å². The van der Waals surface area contributed by atoms with Crippen molar-refractivity contribution in [2.75, 3.05) is 0 Å². The fourth-order valence-electron chi connectivity index (χ4n) is 0.755. The van der Waals surface area contributed by atoms with Gasteiger partial charge in [-0.1, -0.05) is 0 Å². The van der Waals surface area contributed by atoms with Crippen LogP contribution in [0, 0.1) is 0 Å². The Kier molecular flexibility index (Phi) is 8.22. The van der Waals surface area contributed by atoms with Crippen LogP contribution in [-0.4, -0.2) is 27.6 Å². The Morgan fingerprint density at radius 1 is 0.857 bits per heavy atom. The fraction of sp³-hybridized carbons (Fsp3) is 0. The SMILES string of the molecule is O=C(O)c1ccc(C(=O)O)cc1.[K+].[OH-]. The summed E-state index contributed by atoms with van der Waals surface area (Å²) in [6.07, 6.45) is 0. The van der Waals surface area contributed by atoms with Crippen LogP contribution in [0.2, 0.25) is 0 Å². The molecule has 0 bridgehead atoms. The van der Waals surface area contributed by atoms with Crippen LogP contribution < -0.4 is 51.4 Å². The molecule has 0 radical (unpaired) electrons. The molecule has 0 atom stereocenters. The van der Waals surface area contributed by atoms with Gasteiger partial charge in [0, 0.05) is 0 Å². The van der Waals surface area contributed by atoms with Crippen LogP contribution in [0.25, 0.3) is 0 Å². The van der Waals surface area contributed by atoms with Crippen molar-refractivity contribution in [1.82, 2.24) is 0 Å². The largest absolute Gasteiger partial charge is 1.00 e. The van der Waals surface area contributed by atoms with Crippen molar-refractivity contribution in [1.29, 1.82) is 0 Å². The van der Waals surface area contributed by atoms with Crippen LogP contribution in [0.1, 0.15) is 20.7 Å². The van der Waals surface area contributed by atoms with Crippen LogP contribution in [0.4, 0.5) is 0 Å². The molecule has 14 heavy (non-hydrogen) atoms. The van der Waals surface area contributed by atoms with Gasteiger partial charge in [0.15, 0.2) is 0 Å². The van der Waals surface area contributed by atoms with E-state index in [-0.39, 0.29) is 68.0 Å². The number of benzene rings is 1. The molecule has 0 saturated carbocycles. The standard InChI is InChI=1S/C8H6O4.K.H2O/c9-7(10)5-1-2-6(4-3-5)8(11)12;;/h1-4H,(H,9,10)(H,11,12);;1H2/q;+1;/p-1. The Labute approximate surface area is 122 Å². The molecule has 3 N–H and O–H groups in total. The average Bonchev–Trinajstić information content (AvgIpc) is 2.04. The summed E-state index contributed by atoms with van der Waals surface area (Å²) in [6.45, 7) is 0. The Morgan fingerprint density at radius 3 is 1.21 bits per heavy atom. The van der Waals surface area contributed by atoms with E-state index < -0.39 is 11.9 Å². The second kappa shape index (κ2) is 7.10. The van der Waals surface area contributed by atoms with Gasteiger partial charge in [0.1, 0.15) is 0 Å². The summed E-state index contributed by atoms with van der Waals surface area (Å²) in [6, 6.07) is 5.02. The van der Waals surface area contributed by atoms with Crippen molar-refractivity contribution in [2.45, 2.75) is 0 Å². The molecule has 0 fully saturated rings. The van der Waals surface area contributed by atoms with E-state index in [0.29, 0.717) is 0 Å². The number of carbonyl (C=O) groups is 2. The molecule has 1 rings (SSSR count). The van der Waals surface area contributed by atoms with Crippen molar-refractivity contribution in [2.24, 2.45) is 0 Å². The monoisotopic (exact) mass is 222 g/mol. The molecule has 0 unspecified atom stereocenters. The van der Waals surface area contributed by atoms with Gasteiger partial charge in [0.2, 0.25) is 0 Å². The maximum Gasteiger partial charge on any atom is 1.00 e. The summed E-state index contributed by atoms with van der Waals surface area (Å²) >= 11 is 0. The molecular formula is C8H7KO5. The van der Waals surface area contributed by atoms with E-state index in [1.807, 2.05) is 0 Å². The zero-order valence-electron chi connectivity index (χ0n) is 7.47. The molecule has 0 aliphatic rings. The molecule has 0 aliphatic heterocycles.